The van der Waals surface area contributed by atoms with E-state index in [-0.39, 0.29) is 11.9 Å². The van der Waals surface area contributed by atoms with Crippen molar-refractivity contribution in [2.75, 3.05) is 20.8 Å². The van der Waals surface area contributed by atoms with Crippen LogP contribution in [-0.4, -0.2) is 36.6 Å². The molecule has 26 heavy (non-hydrogen) atoms. The number of hydrogen-bond acceptors (Lipinski definition) is 4. The zero-order valence-corrected chi connectivity index (χ0v) is 15.2. The molecule has 2 heterocycles. The Labute approximate surface area is 154 Å². The topological polar surface area (TPSA) is 51.7 Å². The molecule has 0 radical (unpaired) electrons. The van der Waals surface area contributed by atoms with Gasteiger partial charge in [-0.15, -0.1) is 0 Å². The summed E-state index contributed by atoms with van der Waals surface area (Å²) in [5.74, 6) is 1.34. The highest BCUT2D eigenvalue weighted by atomic mass is 16.5. The van der Waals surface area contributed by atoms with Gasteiger partial charge < -0.3 is 14.4 Å². The standard InChI is InChI=1S/C21H24N2O3/c1-25-19-10-8-16(14-20(19)26-2)9-11-21(24)23-13-4-3-7-18(23)17-6-5-12-22-15-17/h5-6,8-12,14-15,18H,3-4,7,13H2,1-2H3/t18-/m1/s1. The molecule has 1 fully saturated rings. The second-order valence-electron chi connectivity index (χ2n) is 6.28. The normalized spacial score (nSPS) is 17.3. The molecule has 0 unspecified atom stereocenters. The Morgan fingerprint density at radius 2 is 2.04 bits per heavy atom. The van der Waals surface area contributed by atoms with Crippen LogP contribution in [0.5, 0.6) is 11.5 Å². The molecule has 1 aliphatic rings. The smallest absolute Gasteiger partial charge is 0.247 e. The lowest BCUT2D eigenvalue weighted by atomic mass is 9.96. The highest BCUT2D eigenvalue weighted by Gasteiger charge is 2.26. The molecule has 136 valence electrons. The van der Waals surface area contributed by atoms with Crippen molar-refractivity contribution >= 4 is 12.0 Å². The fourth-order valence-electron chi connectivity index (χ4n) is 3.33. The summed E-state index contributed by atoms with van der Waals surface area (Å²) in [4.78, 5) is 18.9. The summed E-state index contributed by atoms with van der Waals surface area (Å²) in [6, 6.07) is 9.66. The first-order valence-electron chi connectivity index (χ1n) is 8.83. The lowest BCUT2D eigenvalue weighted by molar-refractivity contribution is -0.129. The molecular weight excluding hydrogens is 328 g/mol. The third kappa shape index (κ3) is 4.04. The number of aromatic nitrogens is 1. The predicted octanol–water partition coefficient (Wildman–Crippen LogP) is 3.87. The van der Waals surface area contributed by atoms with Crippen LogP contribution in [0.25, 0.3) is 6.08 Å². The van der Waals surface area contributed by atoms with E-state index in [4.69, 9.17) is 9.47 Å². The van der Waals surface area contributed by atoms with Crippen molar-refractivity contribution in [1.82, 2.24) is 9.88 Å². The van der Waals surface area contributed by atoms with Crippen LogP contribution in [0, 0.1) is 0 Å². The Kier molecular flexibility index (Phi) is 5.89. The van der Waals surface area contributed by atoms with E-state index in [2.05, 4.69) is 4.98 Å². The second kappa shape index (κ2) is 8.52. The van der Waals surface area contributed by atoms with E-state index >= 15 is 0 Å². The minimum Gasteiger partial charge on any atom is -0.493 e. The molecule has 3 rings (SSSR count). The van der Waals surface area contributed by atoms with Gasteiger partial charge in [0.1, 0.15) is 0 Å². The Bertz CT molecular complexity index is 774. The number of carbonyl (C=O) groups is 1. The summed E-state index contributed by atoms with van der Waals surface area (Å²) < 4.78 is 10.6. The number of hydrogen-bond donors (Lipinski definition) is 0. The molecule has 5 nitrogen and oxygen atoms in total. The number of pyridine rings is 1. The van der Waals surface area contributed by atoms with Crippen molar-refractivity contribution in [3.05, 3.63) is 59.9 Å². The minimum atomic E-state index is 0.0216. The first-order chi connectivity index (χ1) is 12.7. The number of methoxy groups -OCH3 is 2. The number of carbonyl (C=O) groups excluding carboxylic acids is 1. The lowest BCUT2D eigenvalue weighted by Crippen LogP contribution is -2.37. The van der Waals surface area contributed by atoms with Crippen LogP contribution in [0.3, 0.4) is 0 Å². The van der Waals surface area contributed by atoms with Crippen LogP contribution < -0.4 is 9.47 Å². The highest BCUT2D eigenvalue weighted by molar-refractivity contribution is 5.92. The molecule has 2 aromatic rings. The second-order valence-corrected chi connectivity index (χ2v) is 6.28. The number of likely N-dealkylation sites (tertiary alicyclic amines) is 1. The van der Waals surface area contributed by atoms with Gasteiger partial charge in [0, 0.05) is 25.0 Å². The van der Waals surface area contributed by atoms with Gasteiger partial charge in [-0.25, -0.2) is 0 Å². The van der Waals surface area contributed by atoms with Gasteiger partial charge in [0.05, 0.1) is 20.3 Å². The summed E-state index contributed by atoms with van der Waals surface area (Å²) in [5, 5.41) is 0. The van der Waals surface area contributed by atoms with E-state index in [0.717, 1.165) is 36.9 Å². The molecule has 0 saturated carbocycles. The Morgan fingerprint density at radius 3 is 2.77 bits per heavy atom. The third-order valence-corrected chi connectivity index (χ3v) is 4.68. The molecule has 0 bridgehead atoms. The molecule has 1 aromatic carbocycles. The van der Waals surface area contributed by atoms with Gasteiger partial charge in [0.25, 0.3) is 0 Å². The van der Waals surface area contributed by atoms with E-state index in [9.17, 15) is 4.79 Å². The van der Waals surface area contributed by atoms with Crippen LogP contribution in [-0.2, 0) is 4.79 Å². The molecule has 1 amide bonds. The minimum absolute atomic E-state index is 0.0216. The molecule has 0 aliphatic carbocycles. The van der Waals surface area contributed by atoms with Crippen molar-refractivity contribution in [2.24, 2.45) is 0 Å². The summed E-state index contributed by atoms with van der Waals surface area (Å²) >= 11 is 0. The number of amides is 1. The van der Waals surface area contributed by atoms with E-state index in [1.807, 2.05) is 47.5 Å². The van der Waals surface area contributed by atoms with Crippen molar-refractivity contribution in [3.8, 4) is 11.5 Å². The molecule has 0 N–H and O–H groups in total. The number of rotatable bonds is 5. The maximum atomic E-state index is 12.8. The maximum absolute atomic E-state index is 12.8. The molecule has 0 spiro atoms. The zero-order valence-electron chi connectivity index (χ0n) is 15.2. The molecular formula is C21H24N2O3. The van der Waals surface area contributed by atoms with Gasteiger partial charge >= 0.3 is 0 Å². The van der Waals surface area contributed by atoms with Crippen molar-refractivity contribution < 1.29 is 14.3 Å². The molecule has 1 atom stereocenters. The maximum Gasteiger partial charge on any atom is 0.247 e. The van der Waals surface area contributed by atoms with Gasteiger partial charge in [-0.2, -0.15) is 0 Å². The largest absolute Gasteiger partial charge is 0.493 e. The first kappa shape index (κ1) is 18.0. The SMILES string of the molecule is COc1ccc(C=CC(=O)N2CCCC[C@@H]2c2cccnc2)cc1OC. The quantitative estimate of drug-likeness (QED) is 0.767. The summed E-state index contributed by atoms with van der Waals surface area (Å²) in [5.41, 5.74) is 1.99. The molecule has 1 aliphatic heterocycles. The molecule has 1 saturated heterocycles. The van der Waals surface area contributed by atoms with Crippen LogP contribution in [0.15, 0.2) is 48.8 Å². The fraction of sp³-hybridized carbons (Fsp3) is 0.333. The lowest BCUT2D eigenvalue weighted by Gasteiger charge is -2.35. The van der Waals surface area contributed by atoms with Gasteiger partial charge in [-0.3, -0.25) is 9.78 Å². The third-order valence-electron chi connectivity index (χ3n) is 4.68. The Morgan fingerprint density at radius 1 is 1.19 bits per heavy atom. The Hall–Kier alpha value is -2.82. The first-order valence-corrected chi connectivity index (χ1v) is 8.83. The average molecular weight is 352 g/mol. The van der Waals surface area contributed by atoms with Gasteiger partial charge in [-0.1, -0.05) is 12.1 Å². The molecule has 1 aromatic heterocycles. The average Bonchev–Trinajstić information content (AvgIpc) is 2.72. The van der Waals surface area contributed by atoms with Crippen molar-refractivity contribution in [3.63, 3.8) is 0 Å². The van der Waals surface area contributed by atoms with E-state index in [1.165, 1.54) is 0 Å². The summed E-state index contributed by atoms with van der Waals surface area (Å²) in [6.45, 7) is 0.772. The van der Waals surface area contributed by atoms with Crippen LogP contribution in [0.1, 0.15) is 36.4 Å². The monoisotopic (exact) mass is 352 g/mol. The van der Waals surface area contributed by atoms with Gasteiger partial charge in [-0.05, 0) is 54.7 Å². The van der Waals surface area contributed by atoms with Crippen LogP contribution in [0.2, 0.25) is 0 Å². The van der Waals surface area contributed by atoms with Crippen LogP contribution in [0.4, 0.5) is 0 Å². The number of piperidine rings is 1. The predicted molar refractivity (Wildman–Crippen MR) is 101 cm³/mol. The number of nitrogens with zero attached hydrogens (tertiary/aromatic N) is 2. The van der Waals surface area contributed by atoms with Gasteiger partial charge in [0.2, 0.25) is 5.91 Å². The Balaban J connectivity index is 1.76. The highest BCUT2D eigenvalue weighted by Crippen LogP contribution is 2.31. The van der Waals surface area contributed by atoms with E-state index < -0.39 is 0 Å². The number of benzene rings is 1. The fourth-order valence-corrected chi connectivity index (χ4v) is 3.33. The van der Waals surface area contributed by atoms with E-state index in [1.54, 1.807) is 26.5 Å². The summed E-state index contributed by atoms with van der Waals surface area (Å²) in [6.07, 6.45) is 10.2. The number of ether oxygens (including phenoxy) is 2. The van der Waals surface area contributed by atoms with Gasteiger partial charge in [0.15, 0.2) is 11.5 Å². The molecule has 5 heteroatoms. The van der Waals surface area contributed by atoms with Crippen molar-refractivity contribution in [2.45, 2.75) is 25.3 Å². The van der Waals surface area contributed by atoms with Crippen LogP contribution >= 0.6 is 0 Å². The van der Waals surface area contributed by atoms with E-state index in [0.29, 0.717) is 11.5 Å². The zero-order chi connectivity index (χ0) is 18.4. The summed E-state index contributed by atoms with van der Waals surface area (Å²) in [7, 11) is 3.20. The van der Waals surface area contributed by atoms with Crippen molar-refractivity contribution in [1.29, 1.82) is 0 Å².